The summed E-state index contributed by atoms with van der Waals surface area (Å²) in [5, 5.41) is -0.0832. The highest BCUT2D eigenvalue weighted by Crippen LogP contribution is 2.22. The van der Waals surface area contributed by atoms with E-state index in [1.165, 1.54) is 10.5 Å². The minimum atomic E-state index is -3.41. The number of nitrogens with zero attached hydrogens (tertiary/aromatic N) is 2. The number of hydrogen-bond donors (Lipinski definition) is 0. The maximum Gasteiger partial charge on any atom is 0.244 e. The van der Waals surface area contributed by atoms with Crippen molar-refractivity contribution in [3.8, 4) is 0 Å². The molecule has 0 N–H and O–H groups in total. The standard InChI is InChI=1S/C10H13ClN2O2S/c11-9-3-2-6-13(8-9)16(14,15)10-4-1-5-12-7-10/h1,4-5,7,9H,2-3,6,8H2. The van der Waals surface area contributed by atoms with E-state index in [0.29, 0.717) is 13.1 Å². The van der Waals surface area contributed by atoms with Crippen molar-refractivity contribution in [3.63, 3.8) is 0 Å². The third-order valence-corrected chi connectivity index (χ3v) is 4.80. The fourth-order valence-corrected chi connectivity index (χ4v) is 3.65. The number of hydrogen-bond acceptors (Lipinski definition) is 3. The van der Waals surface area contributed by atoms with Gasteiger partial charge in [-0.15, -0.1) is 11.6 Å². The van der Waals surface area contributed by atoms with Gasteiger partial charge in [0.25, 0.3) is 0 Å². The third-order valence-electron chi connectivity index (χ3n) is 2.60. The number of aromatic nitrogens is 1. The largest absolute Gasteiger partial charge is 0.263 e. The molecule has 88 valence electrons. The van der Waals surface area contributed by atoms with Gasteiger partial charge in [0.15, 0.2) is 0 Å². The van der Waals surface area contributed by atoms with Crippen LogP contribution >= 0.6 is 11.6 Å². The molecule has 6 heteroatoms. The maximum absolute atomic E-state index is 12.2. The van der Waals surface area contributed by atoms with E-state index in [9.17, 15) is 8.42 Å². The van der Waals surface area contributed by atoms with Gasteiger partial charge >= 0.3 is 0 Å². The third kappa shape index (κ3) is 2.36. The minimum absolute atomic E-state index is 0.0832. The molecule has 1 aromatic rings. The van der Waals surface area contributed by atoms with Crippen molar-refractivity contribution in [3.05, 3.63) is 24.5 Å². The van der Waals surface area contributed by atoms with Crippen LogP contribution in [-0.4, -0.2) is 36.2 Å². The molecule has 1 aromatic heterocycles. The first kappa shape index (κ1) is 11.8. The van der Waals surface area contributed by atoms with E-state index in [1.807, 2.05) is 0 Å². The normalized spacial score (nSPS) is 23.2. The average molecular weight is 261 g/mol. The first-order chi connectivity index (χ1) is 7.60. The molecule has 0 spiro atoms. The maximum atomic E-state index is 12.2. The predicted molar refractivity (Wildman–Crippen MR) is 61.9 cm³/mol. The predicted octanol–water partition coefficient (Wildman–Crippen LogP) is 1.47. The van der Waals surface area contributed by atoms with Crippen LogP contribution in [0.1, 0.15) is 12.8 Å². The van der Waals surface area contributed by atoms with Gasteiger partial charge in [-0.1, -0.05) is 0 Å². The van der Waals surface area contributed by atoms with Gasteiger partial charge in [0.1, 0.15) is 4.90 Å². The molecule has 4 nitrogen and oxygen atoms in total. The summed E-state index contributed by atoms with van der Waals surface area (Å²) < 4.78 is 25.8. The Labute approximate surface area is 100 Å². The zero-order valence-electron chi connectivity index (χ0n) is 8.71. The summed E-state index contributed by atoms with van der Waals surface area (Å²) in [6, 6.07) is 3.18. The van der Waals surface area contributed by atoms with Crippen molar-refractivity contribution in [2.24, 2.45) is 0 Å². The Morgan fingerprint density at radius 2 is 2.31 bits per heavy atom. The molecule has 16 heavy (non-hydrogen) atoms. The van der Waals surface area contributed by atoms with Crippen molar-refractivity contribution < 1.29 is 8.42 Å². The summed E-state index contributed by atoms with van der Waals surface area (Å²) in [6.45, 7) is 0.930. The van der Waals surface area contributed by atoms with Crippen molar-refractivity contribution in [1.29, 1.82) is 0 Å². The smallest absolute Gasteiger partial charge is 0.244 e. The lowest BCUT2D eigenvalue weighted by Crippen LogP contribution is -2.40. The second kappa shape index (κ2) is 4.69. The molecule has 0 aliphatic carbocycles. The van der Waals surface area contributed by atoms with Gasteiger partial charge in [-0.3, -0.25) is 4.98 Å². The number of rotatable bonds is 2. The monoisotopic (exact) mass is 260 g/mol. The lowest BCUT2D eigenvalue weighted by atomic mass is 10.2. The Balaban J connectivity index is 2.26. The average Bonchev–Trinajstić information content (AvgIpc) is 2.30. The van der Waals surface area contributed by atoms with Crippen LogP contribution in [0.3, 0.4) is 0 Å². The Kier molecular flexibility index (Phi) is 3.47. The Morgan fingerprint density at radius 1 is 1.50 bits per heavy atom. The van der Waals surface area contributed by atoms with Crippen LogP contribution in [0.5, 0.6) is 0 Å². The Morgan fingerprint density at radius 3 is 2.94 bits per heavy atom. The Bertz CT molecular complexity index is 449. The molecular formula is C10H13ClN2O2S. The molecule has 1 aliphatic rings. The summed E-state index contributed by atoms with van der Waals surface area (Å²) in [7, 11) is -3.41. The highest BCUT2D eigenvalue weighted by Gasteiger charge is 2.29. The molecule has 2 rings (SSSR count). The topological polar surface area (TPSA) is 50.3 Å². The fourth-order valence-electron chi connectivity index (χ4n) is 1.76. The molecule has 0 radical (unpaired) electrons. The summed E-state index contributed by atoms with van der Waals surface area (Å²) in [6.07, 6.45) is 4.61. The highest BCUT2D eigenvalue weighted by molar-refractivity contribution is 7.89. The molecular weight excluding hydrogens is 248 g/mol. The zero-order chi connectivity index (χ0) is 11.6. The Hall–Kier alpha value is -0.650. The summed E-state index contributed by atoms with van der Waals surface area (Å²) in [5.74, 6) is 0. The molecule has 1 saturated heterocycles. The summed E-state index contributed by atoms with van der Waals surface area (Å²) in [5.41, 5.74) is 0. The van der Waals surface area contributed by atoms with E-state index in [0.717, 1.165) is 12.8 Å². The number of alkyl halides is 1. The molecule has 0 amide bonds. The van der Waals surface area contributed by atoms with Gasteiger partial charge in [0.05, 0.1) is 0 Å². The van der Waals surface area contributed by atoms with Gasteiger partial charge in [-0.05, 0) is 25.0 Å². The van der Waals surface area contributed by atoms with Crippen molar-refractivity contribution in [2.45, 2.75) is 23.1 Å². The van der Waals surface area contributed by atoms with Gasteiger partial charge in [-0.25, -0.2) is 8.42 Å². The van der Waals surface area contributed by atoms with E-state index in [1.54, 1.807) is 18.3 Å². The summed E-state index contributed by atoms with van der Waals surface area (Å²) in [4.78, 5) is 4.06. The number of piperidine rings is 1. The van der Waals surface area contributed by atoms with Crippen molar-refractivity contribution in [2.75, 3.05) is 13.1 Å². The number of pyridine rings is 1. The van der Waals surface area contributed by atoms with Crippen LogP contribution < -0.4 is 0 Å². The van der Waals surface area contributed by atoms with Gasteiger partial charge in [-0.2, -0.15) is 4.31 Å². The van der Waals surface area contributed by atoms with Crippen LogP contribution in [0, 0.1) is 0 Å². The van der Waals surface area contributed by atoms with Crippen LogP contribution in [0.4, 0.5) is 0 Å². The van der Waals surface area contributed by atoms with E-state index >= 15 is 0 Å². The molecule has 0 aromatic carbocycles. The molecule has 2 heterocycles. The SMILES string of the molecule is O=S(=O)(c1cccnc1)N1CCCC(Cl)C1. The van der Waals surface area contributed by atoms with E-state index in [2.05, 4.69) is 4.98 Å². The second-order valence-electron chi connectivity index (χ2n) is 3.79. The quantitative estimate of drug-likeness (QED) is 0.757. The number of halogens is 1. The molecule has 0 bridgehead atoms. The first-order valence-electron chi connectivity index (χ1n) is 5.15. The van der Waals surface area contributed by atoms with E-state index in [4.69, 9.17) is 11.6 Å². The first-order valence-corrected chi connectivity index (χ1v) is 7.02. The van der Waals surface area contributed by atoms with Crippen molar-refractivity contribution >= 4 is 21.6 Å². The molecule has 1 fully saturated rings. The van der Waals surface area contributed by atoms with Crippen LogP contribution in [0.25, 0.3) is 0 Å². The molecule has 0 saturated carbocycles. The summed E-state index contributed by atoms with van der Waals surface area (Å²) >= 11 is 5.98. The molecule has 1 aliphatic heterocycles. The van der Waals surface area contributed by atoms with E-state index in [-0.39, 0.29) is 10.3 Å². The zero-order valence-corrected chi connectivity index (χ0v) is 10.3. The lowest BCUT2D eigenvalue weighted by Gasteiger charge is -2.28. The van der Waals surface area contributed by atoms with Gasteiger partial charge < -0.3 is 0 Å². The molecule has 1 atom stereocenters. The number of sulfonamides is 1. The van der Waals surface area contributed by atoms with Crippen LogP contribution in [0.2, 0.25) is 0 Å². The molecule has 1 unspecified atom stereocenters. The van der Waals surface area contributed by atoms with Crippen LogP contribution in [-0.2, 0) is 10.0 Å². The fraction of sp³-hybridized carbons (Fsp3) is 0.500. The lowest BCUT2D eigenvalue weighted by molar-refractivity contribution is 0.350. The minimum Gasteiger partial charge on any atom is -0.263 e. The highest BCUT2D eigenvalue weighted by atomic mass is 35.5. The second-order valence-corrected chi connectivity index (χ2v) is 6.35. The van der Waals surface area contributed by atoms with Gasteiger partial charge in [0, 0.05) is 30.9 Å². The van der Waals surface area contributed by atoms with Crippen molar-refractivity contribution in [1.82, 2.24) is 9.29 Å². The van der Waals surface area contributed by atoms with E-state index < -0.39 is 10.0 Å². The van der Waals surface area contributed by atoms with Crippen LogP contribution in [0.15, 0.2) is 29.4 Å². The van der Waals surface area contributed by atoms with Gasteiger partial charge in [0.2, 0.25) is 10.0 Å².